The largest absolute Gasteiger partial charge is 0.329 e. The SMILES string of the molecule is Cc1ccc2c(c1)nc(C1CCC1)n2CCN. The van der Waals surface area contributed by atoms with Crippen molar-refractivity contribution in [3.63, 3.8) is 0 Å². The van der Waals surface area contributed by atoms with Gasteiger partial charge in [-0.2, -0.15) is 0 Å². The summed E-state index contributed by atoms with van der Waals surface area (Å²) in [5, 5.41) is 0. The Morgan fingerprint density at radius 2 is 2.24 bits per heavy atom. The molecule has 0 saturated heterocycles. The first kappa shape index (κ1) is 10.8. The predicted molar refractivity (Wildman–Crippen MR) is 70.1 cm³/mol. The molecule has 3 heteroatoms. The van der Waals surface area contributed by atoms with Crippen LogP contribution in [0.15, 0.2) is 18.2 Å². The minimum atomic E-state index is 0.661. The van der Waals surface area contributed by atoms with Crippen LogP contribution in [0.1, 0.15) is 36.6 Å². The maximum Gasteiger partial charge on any atom is 0.113 e. The Bertz CT molecular complexity index is 538. The van der Waals surface area contributed by atoms with E-state index in [1.54, 1.807) is 0 Å². The first-order chi connectivity index (χ1) is 8.29. The summed E-state index contributed by atoms with van der Waals surface area (Å²) in [6.45, 7) is 3.68. The van der Waals surface area contributed by atoms with E-state index in [0.29, 0.717) is 12.5 Å². The quantitative estimate of drug-likeness (QED) is 0.879. The summed E-state index contributed by atoms with van der Waals surface area (Å²) in [5.41, 5.74) is 9.36. The Labute approximate surface area is 102 Å². The van der Waals surface area contributed by atoms with Gasteiger partial charge in [0, 0.05) is 19.0 Å². The lowest BCUT2D eigenvalue weighted by molar-refractivity contribution is 0.389. The van der Waals surface area contributed by atoms with Crippen molar-refractivity contribution < 1.29 is 0 Å². The van der Waals surface area contributed by atoms with Crippen molar-refractivity contribution in [2.75, 3.05) is 6.54 Å². The lowest BCUT2D eigenvalue weighted by Crippen LogP contribution is -2.18. The van der Waals surface area contributed by atoms with Gasteiger partial charge < -0.3 is 10.3 Å². The van der Waals surface area contributed by atoms with E-state index in [2.05, 4.69) is 29.7 Å². The first-order valence-electron chi connectivity index (χ1n) is 6.46. The second-order valence-electron chi connectivity index (χ2n) is 5.03. The Balaban J connectivity index is 2.14. The number of aromatic nitrogens is 2. The molecule has 1 saturated carbocycles. The van der Waals surface area contributed by atoms with Gasteiger partial charge in [-0.25, -0.2) is 4.98 Å². The maximum absolute atomic E-state index is 5.72. The van der Waals surface area contributed by atoms with E-state index in [1.807, 2.05) is 0 Å². The first-order valence-corrected chi connectivity index (χ1v) is 6.46. The molecule has 1 aliphatic carbocycles. The number of aryl methyl sites for hydroxylation is 1. The predicted octanol–water partition coefficient (Wildman–Crippen LogP) is 2.57. The number of benzene rings is 1. The van der Waals surface area contributed by atoms with Crippen LogP contribution in [0.2, 0.25) is 0 Å². The number of fused-ring (bicyclic) bond motifs is 1. The van der Waals surface area contributed by atoms with Gasteiger partial charge in [0.15, 0.2) is 0 Å². The van der Waals surface area contributed by atoms with Crippen LogP contribution >= 0.6 is 0 Å². The fraction of sp³-hybridized carbons (Fsp3) is 0.500. The third kappa shape index (κ3) is 1.75. The molecule has 0 aliphatic heterocycles. The van der Waals surface area contributed by atoms with E-state index in [9.17, 15) is 0 Å². The zero-order valence-electron chi connectivity index (χ0n) is 10.3. The van der Waals surface area contributed by atoms with Crippen molar-refractivity contribution in [3.05, 3.63) is 29.6 Å². The molecule has 1 aromatic carbocycles. The highest BCUT2D eigenvalue weighted by Crippen LogP contribution is 2.37. The van der Waals surface area contributed by atoms with Gasteiger partial charge in [-0.15, -0.1) is 0 Å². The zero-order valence-corrected chi connectivity index (χ0v) is 10.3. The van der Waals surface area contributed by atoms with Gasteiger partial charge in [0.1, 0.15) is 5.82 Å². The van der Waals surface area contributed by atoms with Crippen molar-refractivity contribution in [1.82, 2.24) is 9.55 Å². The molecule has 1 aromatic heterocycles. The Kier molecular flexibility index (Phi) is 2.63. The summed E-state index contributed by atoms with van der Waals surface area (Å²) in [4.78, 5) is 4.82. The monoisotopic (exact) mass is 229 g/mol. The smallest absolute Gasteiger partial charge is 0.113 e. The topological polar surface area (TPSA) is 43.8 Å². The van der Waals surface area contributed by atoms with Crippen LogP contribution in [-0.4, -0.2) is 16.1 Å². The summed E-state index contributed by atoms with van der Waals surface area (Å²) in [6, 6.07) is 6.50. The summed E-state index contributed by atoms with van der Waals surface area (Å²) < 4.78 is 2.32. The van der Waals surface area contributed by atoms with Crippen molar-refractivity contribution >= 4 is 11.0 Å². The van der Waals surface area contributed by atoms with Gasteiger partial charge in [-0.3, -0.25) is 0 Å². The number of nitrogens with two attached hydrogens (primary N) is 1. The highest BCUT2D eigenvalue weighted by atomic mass is 15.1. The van der Waals surface area contributed by atoms with E-state index in [4.69, 9.17) is 10.7 Å². The molecule has 17 heavy (non-hydrogen) atoms. The highest BCUT2D eigenvalue weighted by molar-refractivity contribution is 5.77. The Morgan fingerprint density at radius 3 is 2.88 bits per heavy atom. The average molecular weight is 229 g/mol. The number of rotatable bonds is 3. The second kappa shape index (κ2) is 4.15. The van der Waals surface area contributed by atoms with E-state index in [-0.39, 0.29) is 0 Å². The molecule has 1 fully saturated rings. The number of hydrogen-bond donors (Lipinski definition) is 1. The lowest BCUT2D eigenvalue weighted by atomic mass is 9.85. The molecule has 0 radical (unpaired) electrons. The lowest BCUT2D eigenvalue weighted by Gasteiger charge is -2.25. The molecule has 1 heterocycles. The molecule has 0 amide bonds. The molecule has 0 unspecified atom stereocenters. The van der Waals surface area contributed by atoms with E-state index < -0.39 is 0 Å². The molecule has 0 atom stereocenters. The van der Waals surface area contributed by atoms with Gasteiger partial charge in [-0.1, -0.05) is 12.5 Å². The van der Waals surface area contributed by atoms with E-state index in [1.165, 1.54) is 36.2 Å². The Hall–Kier alpha value is -1.35. The normalized spacial score (nSPS) is 16.4. The van der Waals surface area contributed by atoms with Crippen LogP contribution < -0.4 is 5.73 Å². The summed E-state index contributed by atoms with van der Waals surface area (Å²) in [7, 11) is 0. The van der Waals surface area contributed by atoms with Crippen LogP contribution in [0.25, 0.3) is 11.0 Å². The molecule has 0 spiro atoms. The number of imidazole rings is 1. The average Bonchev–Trinajstić information content (AvgIpc) is 2.55. The van der Waals surface area contributed by atoms with Gasteiger partial charge in [-0.05, 0) is 37.5 Å². The minimum absolute atomic E-state index is 0.661. The van der Waals surface area contributed by atoms with Crippen molar-refractivity contribution in [1.29, 1.82) is 0 Å². The summed E-state index contributed by atoms with van der Waals surface area (Å²) in [5.74, 6) is 1.91. The zero-order chi connectivity index (χ0) is 11.8. The van der Waals surface area contributed by atoms with E-state index in [0.717, 1.165) is 12.1 Å². The highest BCUT2D eigenvalue weighted by Gasteiger charge is 2.25. The maximum atomic E-state index is 5.72. The van der Waals surface area contributed by atoms with Gasteiger partial charge >= 0.3 is 0 Å². The second-order valence-corrected chi connectivity index (χ2v) is 5.03. The van der Waals surface area contributed by atoms with Gasteiger partial charge in [0.25, 0.3) is 0 Å². The molecular formula is C14H19N3. The summed E-state index contributed by atoms with van der Waals surface area (Å²) in [6.07, 6.45) is 3.91. The van der Waals surface area contributed by atoms with Crippen LogP contribution in [0.3, 0.4) is 0 Å². The van der Waals surface area contributed by atoms with Crippen LogP contribution in [0.4, 0.5) is 0 Å². The molecule has 3 rings (SSSR count). The molecule has 1 aliphatic rings. The van der Waals surface area contributed by atoms with Crippen molar-refractivity contribution in [2.45, 2.75) is 38.6 Å². The van der Waals surface area contributed by atoms with Crippen molar-refractivity contribution in [2.24, 2.45) is 5.73 Å². The fourth-order valence-electron chi connectivity index (χ4n) is 2.60. The number of nitrogens with zero attached hydrogens (tertiary/aromatic N) is 2. The molecule has 0 bridgehead atoms. The summed E-state index contributed by atoms with van der Waals surface area (Å²) >= 11 is 0. The third-order valence-corrected chi connectivity index (χ3v) is 3.76. The molecule has 2 aromatic rings. The molecule has 90 valence electrons. The minimum Gasteiger partial charge on any atom is -0.329 e. The van der Waals surface area contributed by atoms with E-state index >= 15 is 0 Å². The molecular weight excluding hydrogens is 210 g/mol. The van der Waals surface area contributed by atoms with Gasteiger partial charge in [0.2, 0.25) is 0 Å². The molecule has 2 N–H and O–H groups in total. The van der Waals surface area contributed by atoms with Crippen LogP contribution in [-0.2, 0) is 6.54 Å². The van der Waals surface area contributed by atoms with Crippen LogP contribution in [0, 0.1) is 6.92 Å². The molecule has 3 nitrogen and oxygen atoms in total. The third-order valence-electron chi connectivity index (χ3n) is 3.76. The fourth-order valence-corrected chi connectivity index (χ4v) is 2.60. The van der Waals surface area contributed by atoms with Crippen molar-refractivity contribution in [3.8, 4) is 0 Å². The Morgan fingerprint density at radius 1 is 1.41 bits per heavy atom. The number of hydrogen-bond acceptors (Lipinski definition) is 2. The van der Waals surface area contributed by atoms with Gasteiger partial charge in [0.05, 0.1) is 11.0 Å². The van der Waals surface area contributed by atoms with Crippen LogP contribution in [0.5, 0.6) is 0 Å². The standard InChI is InChI=1S/C14H19N3/c1-10-5-6-13-12(9-10)16-14(11-3-2-4-11)17(13)8-7-15/h5-6,9,11H,2-4,7-8,15H2,1H3.